The Morgan fingerprint density at radius 2 is 1.96 bits per heavy atom. The van der Waals surface area contributed by atoms with E-state index in [0.717, 1.165) is 17.0 Å². The Hall–Kier alpha value is -2.70. The Morgan fingerprint density at radius 1 is 1.19 bits per heavy atom. The van der Waals surface area contributed by atoms with Gasteiger partial charge in [-0.1, -0.05) is 24.3 Å². The van der Waals surface area contributed by atoms with E-state index in [1.54, 1.807) is 11.0 Å². The number of likely N-dealkylation sites (N-methyl/N-ethyl adjacent to an activating group) is 1. The number of rotatable bonds is 8. The number of hydrogen-bond acceptors (Lipinski definition) is 5. The fourth-order valence-corrected chi connectivity index (χ4v) is 2.94. The van der Waals surface area contributed by atoms with Gasteiger partial charge in [-0.2, -0.15) is 5.10 Å². The summed E-state index contributed by atoms with van der Waals surface area (Å²) < 4.78 is 7.43. The van der Waals surface area contributed by atoms with Crippen LogP contribution in [0.4, 0.5) is 0 Å². The molecule has 2 aromatic carbocycles. The van der Waals surface area contributed by atoms with E-state index in [-0.39, 0.29) is 12.6 Å². The van der Waals surface area contributed by atoms with Crippen molar-refractivity contribution in [3.63, 3.8) is 0 Å². The minimum absolute atomic E-state index is 0.170. The molecule has 3 aromatic rings. The van der Waals surface area contributed by atoms with Crippen LogP contribution in [0.25, 0.3) is 5.69 Å². The largest absolute Gasteiger partial charge is 0.491 e. The topological polar surface area (TPSA) is 63.4 Å². The standard InChI is InChI=1S/C21H26N4O2/c1-16-5-4-6-21(11-16)27-13-20(26)12-24(3)17(2)18-7-9-19(10-8-18)25-15-22-14-23-25/h4-11,14-15,17,20,26H,12-13H2,1-3H3. The fourth-order valence-electron chi connectivity index (χ4n) is 2.94. The van der Waals surface area contributed by atoms with Crippen LogP contribution in [0.3, 0.4) is 0 Å². The molecule has 142 valence electrons. The summed E-state index contributed by atoms with van der Waals surface area (Å²) in [5.74, 6) is 0.786. The molecule has 1 aromatic heterocycles. The van der Waals surface area contributed by atoms with Crippen molar-refractivity contribution < 1.29 is 9.84 Å². The van der Waals surface area contributed by atoms with E-state index in [2.05, 4.69) is 34.0 Å². The Morgan fingerprint density at radius 3 is 2.63 bits per heavy atom. The van der Waals surface area contributed by atoms with Crippen LogP contribution in [0.5, 0.6) is 5.75 Å². The van der Waals surface area contributed by atoms with Crippen LogP contribution in [0.2, 0.25) is 0 Å². The van der Waals surface area contributed by atoms with Crippen molar-refractivity contribution >= 4 is 0 Å². The zero-order valence-electron chi connectivity index (χ0n) is 16.0. The lowest BCUT2D eigenvalue weighted by Crippen LogP contribution is -2.34. The molecule has 0 bridgehead atoms. The summed E-state index contributed by atoms with van der Waals surface area (Å²) in [6.07, 6.45) is 2.63. The maximum absolute atomic E-state index is 10.3. The number of ether oxygens (including phenoxy) is 1. The van der Waals surface area contributed by atoms with Crippen LogP contribution in [-0.2, 0) is 0 Å². The highest BCUT2D eigenvalue weighted by Crippen LogP contribution is 2.20. The van der Waals surface area contributed by atoms with Gasteiger partial charge >= 0.3 is 0 Å². The monoisotopic (exact) mass is 366 g/mol. The van der Waals surface area contributed by atoms with E-state index in [1.165, 1.54) is 11.9 Å². The summed E-state index contributed by atoms with van der Waals surface area (Å²) in [6.45, 7) is 4.94. The van der Waals surface area contributed by atoms with Gasteiger partial charge in [0.2, 0.25) is 0 Å². The normalized spacial score (nSPS) is 13.5. The Labute approximate surface area is 160 Å². The first kappa shape index (κ1) is 19.1. The van der Waals surface area contributed by atoms with Crippen molar-refractivity contribution in [2.45, 2.75) is 26.0 Å². The zero-order chi connectivity index (χ0) is 19.2. The van der Waals surface area contributed by atoms with E-state index in [9.17, 15) is 5.11 Å². The minimum Gasteiger partial charge on any atom is -0.491 e. The van der Waals surface area contributed by atoms with Gasteiger partial charge in [-0.25, -0.2) is 9.67 Å². The van der Waals surface area contributed by atoms with Gasteiger partial charge in [-0.15, -0.1) is 0 Å². The van der Waals surface area contributed by atoms with E-state index in [4.69, 9.17) is 4.74 Å². The Kier molecular flexibility index (Phi) is 6.21. The van der Waals surface area contributed by atoms with Gasteiger partial charge < -0.3 is 9.84 Å². The molecule has 2 atom stereocenters. The van der Waals surface area contributed by atoms with Crippen LogP contribution >= 0.6 is 0 Å². The molecule has 1 heterocycles. The number of aryl methyl sites for hydroxylation is 1. The fraction of sp³-hybridized carbons (Fsp3) is 0.333. The van der Waals surface area contributed by atoms with Gasteiger partial charge in [0.05, 0.1) is 5.69 Å². The maximum Gasteiger partial charge on any atom is 0.138 e. The van der Waals surface area contributed by atoms with E-state index in [0.29, 0.717) is 6.54 Å². The molecule has 6 nitrogen and oxygen atoms in total. The third-order valence-electron chi connectivity index (χ3n) is 4.65. The van der Waals surface area contributed by atoms with Gasteiger partial charge in [-0.3, -0.25) is 4.90 Å². The lowest BCUT2D eigenvalue weighted by molar-refractivity contribution is 0.0653. The van der Waals surface area contributed by atoms with Crippen LogP contribution in [-0.4, -0.2) is 51.1 Å². The molecule has 0 amide bonds. The van der Waals surface area contributed by atoms with Crippen molar-refractivity contribution in [3.05, 3.63) is 72.3 Å². The van der Waals surface area contributed by atoms with Gasteiger partial charge in [0.25, 0.3) is 0 Å². The lowest BCUT2D eigenvalue weighted by Gasteiger charge is -2.27. The first-order valence-electron chi connectivity index (χ1n) is 9.05. The number of hydrogen-bond donors (Lipinski definition) is 1. The lowest BCUT2D eigenvalue weighted by atomic mass is 10.1. The molecule has 1 N–H and O–H groups in total. The SMILES string of the molecule is Cc1cccc(OCC(O)CN(C)C(C)c2ccc(-n3cncn3)cc2)c1. The number of aliphatic hydroxyl groups excluding tert-OH is 1. The molecule has 6 heteroatoms. The zero-order valence-corrected chi connectivity index (χ0v) is 16.0. The highest BCUT2D eigenvalue weighted by Gasteiger charge is 2.16. The number of nitrogens with zero attached hydrogens (tertiary/aromatic N) is 4. The first-order valence-corrected chi connectivity index (χ1v) is 9.05. The molecule has 0 saturated carbocycles. The molecule has 0 spiro atoms. The summed E-state index contributed by atoms with van der Waals surface area (Å²) in [4.78, 5) is 6.08. The maximum atomic E-state index is 10.3. The number of aromatic nitrogens is 3. The molecular formula is C21H26N4O2. The summed E-state index contributed by atoms with van der Waals surface area (Å²) in [5, 5.41) is 14.5. The number of benzene rings is 2. The molecule has 27 heavy (non-hydrogen) atoms. The molecule has 3 rings (SSSR count). The van der Waals surface area contributed by atoms with Crippen molar-refractivity contribution in [1.82, 2.24) is 19.7 Å². The smallest absolute Gasteiger partial charge is 0.138 e. The second-order valence-corrected chi connectivity index (χ2v) is 6.83. The second kappa shape index (κ2) is 8.79. The summed E-state index contributed by atoms with van der Waals surface area (Å²) in [7, 11) is 2.01. The molecule has 0 aliphatic rings. The van der Waals surface area contributed by atoms with E-state index in [1.807, 2.05) is 50.4 Å². The first-order chi connectivity index (χ1) is 13.0. The average molecular weight is 366 g/mol. The third kappa shape index (κ3) is 5.15. The van der Waals surface area contributed by atoms with Crippen molar-refractivity contribution in [2.24, 2.45) is 0 Å². The van der Waals surface area contributed by atoms with Gasteiger partial charge in [0, 0.05) is 12.6 Å². The van der Waals surface area contributed by atoms with Crippen molar-refractivity contribution in [1.29, 1.82) is 0 Å². The highest BCUT2D eigenvalue weighted by atomic mass is 16.5. The molecule has 0 fully saturated rings. The molecule has 0 saturated heterocycles. The molecular weight excluding hydrogens is 340 g/mol. The van der Waals surface area contributed by atoms with E-state index >= 15 is 0 Å². The summed E-state index contributed by atoms with van der Waals surface area (Å²) >= 11 is 0. The quantitative estimate of drug-likeness (QED) is 0.664. The molecule has 0 aliphatic heterocycles. The summed E-state index contributed by atoms with van der Waals surface area (Å²) in [6, 6.07) is 16.2. The van der Waals surface area contributed by atoms with Crippen LogP contribution in [0, 0.1) is 6.92 Å². The van der Waals surface area contributed by atoms with Gasteiger partial charge in [0.1, 0.15) is 31.1 Å². The van der Waals surface area contributed by atoms with Crippen molar-refractivity contribution in [2.75, 3.05) is 20.2 Å². The van der Waals surface area contributed by atoms with Gasteiger partial charge in [0.15, 0.2) is 0 Å². The van der Waals surface area contributed by atoms with E-state index < -0.39 is 6.10 Å². The summed E-state index contributed by atoms with van der Waals surface area (Å²) in [5.41, 5.74) is 3.29. The van der Waals surface area contributed by atoms with Gasteiger partial charge in [-0.05, 0) is 56.3 Å². The average Bonchev–Trinajstić information content (AvgIpc) is 3.21. The van der Waals surface area contributed by atoms with Crippen LogP contribution in [0.15, 0.2) is 61.2 Å². The Bertz CT molecular complexity index is 834. The minimum atomic E-state index is -0.563. The number of aliphatic hydroxyl groups is 1. The van der Waals surface area contributed by atoms with Crippen molar-refractivity contribution in [3.8, 4) is 11.4 Å². The molecule has 0 radical (unpaired) electrons. The molecule has 2 unspecified atom stereocenters. The second-order valence-electron chi connectivity index (χ2n) is 6.83. The predicted molar refractivity (Wildman–Crippen MR) is 105 cm³/mol. The highest BCUT2D eigenvalue weighted by molar-refractivity contribution is 5.34. The van der Waals surface area contributed by atoms with Crippen LogP contribution in [0.1, 0.15) is 24.1 Å². The Balaban J connectivity index is 1.52. The molecule has 0 aliphatic carbocycles. The predicted octanol–water partition coefficient (Wildman–Crippen LogP) is 3.01. The van der Waals surface area contributed by atoms with Crippen LogP contribution < -0.4 is 4.74 Å². The third-order valence-corrected chi connectivity index (χ3v) is 4.65.